The summed E-state index contributed by atoms with van der Waals surface area (Å²) >= 11 is 0. The molecule has 8 nitrogen and oxygen atoms in total. The van der Waals surface area contributed by atoms with Gasteiger partial charge in [-0.25, -0.2) is 22.0 Å². The Bertz CT molecular complexity index is 1210. The fourth-order valence-corrected chi connectivity index (χ4v) is 4.84. The minimum atomic E-state index is -3.86. The van der Waals surface area contributed by atoms with Crippen LogP contribution in [0.25, 0.3) is 6.08 Å². The van der Waals surface area contributed by atoms with E-state index in [0.717, 1.165) is 24.3 Å². The molecule has 1 fully saturated rings. The van der Waals surface area contributed by atoms with Gasteiger partial charge in [-0.2, -0.15) is 4.31 Å². The SMILES string of the molecule is COc1ccc(/C=C/C(=O)O[C@@H](C)C(=O)c2ccc(F)c(F)c2)cc1S(=O)(=O)N1CCOCC1. The zero-order valence-electron chi connectivity index (χ0n) is 18.5. The number of carbonyl (C=O) groups excluding carboxylic acids is 2. The third-order valence-electron chi connectivity index (χ3n) is 5.05. The van der Waals surface area contributed by atoms with Crippen molar-refractivity contribution in [2.75, 3.05) is 33.4 Å². The molecule has 0 aliphatic carbocycles. The molecule has 34 heavy (non-hydrogen) atoms. The van der Waals surface area contributed by atoms with Gasteiger partial charge in [0.15, 0.2) is 17.7 Å². The van der Waals surface area contributed by atoms with Gasteiger partial charge >= 0.3 is 5.97 Å². The fourth-order valence-electron chi connectivity index (χ4n) is 3.24. The maximum absolute atomic E-state index is 13.4. The molecule has 2 aromatic rings. The molecular formula is C23H23F2NO7S. The van der Waals surface area contributed by atoms with Crippen LogP contribution in [0.5, 0.6) is 5.75 Å². The number of ether oxygens (including phenoxy) is 3. The van der Waals surface area contributed by atoms with E-state index in [1.807, 2.05) is 0 Å². The lowest BCUT2D eigenvalue weighted by atomic mass is 10.1. The summed E-state index contributed by atoms with van der Waals surface area (Å²) in [5.74, 6) is -3.72. The van der Waals surface area contributed by atoms with E-state index in [9.17, 15) is 26.8 Å². The summed E-state index contributed by atoms with van der Waals surface area (Å²) in [5, 5.41) is 0. The normalized spacial score (nSPS) is 15.8. The van der Waals surface area contributed by atoms with Crippen LogP contribution in [0.4, 0.5) is 8.78 Å². The van der Waals surface area contributed by atoms with Crippen LogP contribution in [0.15, 0.2) is 47.4 Å². The van der Waals surface area contributed by atoms with Crippen LogP contribution >= 0.6 is 0 Å². The first-order chi connectivity index (χ1) is 16.1. The largest absolute Gasteiger partial charge is 0.495 e. The Kier molecular flexibility index (Phi) is 8.13. The molecule has 11 heteroatoms. The summed E-state index contributed by atoms with van der Waals surface area (Å²) in [4.78, 5) is 24.4. The highest BCUT2D eigenvalue weighted by atomic mass is 32.2. The van der Waals surface area contributed by atoms with E-state index in [1.54, 1.807) is 6.07 Å². The number of methoxy groups -OCH3 is 1. The van der Waals surface area contributed by atoms with E-state index in [0.29, 0.717) is 5.56 Å². The molecule has 1 saturated heterocycles. The van der Waals surface area contributed by atoms with Crippen molar-refractivity contribution in [1.82, 2.24) is 4.31 Å². The maximum atomic E-state index is 13.4. The number of hydrogen-bond acceptors (Lipinski definition) is 7. The van der Waals surface area contributed by atoms with Gasteiger partial charge in [0, 0.05) is 24.7 Å². The molecule has 0 bridgehead atoms. The third-order valence-corrected chi connectivity index (χ3v) is 6.97. The van der Waals surface area contributed by atoms with Gasteiger partial charge in [0.2, 0.25) is 15.8 Å². The zero-order chi connectivity index (χ0) is 24.9. The monoisotopic (exact) mass is 495 g/mol. The lowest BCUT2D eigenvalue weighted by molar-refractivity contribution is -0.140. The highest BCUT2D eigenvalue weighted by Gasteiger charge is 2.29. The van der Waals surface area contributed by atoms with E-state index in [4.69, 9.17) is 14.2 Å². The molecule has 0 saturated carbocycles. The second-order valence-electron chi connectivity index (χ2n) is 7.33. The number of halogens is 2. The Morgan fingerprint density at radius 1 is 1.09 bits per heavy atom. The first-order valence-electron chi connectivity index (χ1n) is 10.3. The van der Waals surface area contributed by atoms with Gasteiger partial charge in [-0.15, -0.1) is 0 Å². The van der Waals surface area contributed by atoms with E-state index in [2.05, 4.69) is 0 Å². The number of ketones is 1. The van der Waals surface area contributed by atoms with E-state index < -0.39 is 39.5 Å². The molecular weight excluding hydrogens is 472 g/mol. The van der Waals surface area contributed by atoms with Gasteiger partial charge in [0.05, 0.1) is 20.3 Å². The molecule has 0 aromatic heterocycles. The Morgan fingerprint density at radius 2 is 1.79 bits per heavy atom. The van der Waals surface area contributed by atoms with Gasteiger partial charge in [-0.1, -0.05) is 6.07 Å². The molecule has 1 aliphatic rings. The Labute approximate surface area is 195 Å². The van der Waals surface area contributed by atoms with E-state index >= 15 is 0 Å². The number of benzene rings is 2. The van der Waals surface area contributed by atoms with Crippen LogP contribution in [0.3, 0.4) is 0 Å². The number of rotatable bonds is 8. The number of sulfonamides is 1. The number of esters is 1. The summed E-state index contributed by atoms with van der Waals surface area (Å²) in [6.45, 7) is 2.29. The Balaban J connectivity index is 1.73. The van der Waals surface area contributed by atoms with Crippen LogP contribution in [-0.4, -0.2) is 64.0 Å². The maximum Gasteiger partial charge on any atom is 0.331 e. The van der Waals surface area contributed by atoms with Crippen LogP contribution in [0.1, 0.15) is 22.8 Å². The predicted octanol–water partition coefficient (Wildman–Crippen LogP) is 2.82. The number of Topliss-reactive ketones (excluding diaryl/α,β-unsaturated/α-hetero) is 1. The van der Waals surface area contributed by atoms with Crippen molar-refractivity contribution >= 4 is 27.9 Å². The summed E-state index contributed by atoms with van der Waals surface area (Å²) in [7, 11) is -2.50. The molecule has 0 N–H and O–H groups in total. The standard InChI is InChI=1S/C23H23F2NO7S/c1-15(23(28)17-5-6-18(24)19(25)14-17)33-22(27)8-4-16-3-7-20(31-2)21(13-16)34(29,30)26-9-11-32-12-10-26/h3-8,13-15H,9-12H2,1-2H3/b8-4+/t15-/m0/s1. The van der Waals surface area contributed by atoms with Gasteiger partial charge in [-0.3, -0.25) is 4.79 Å². The summed E-state index contributed by atoms with van der Waals surface area (Å²) < 4.78 is 69.2. The van der Waals surface area contributed by atoms with Gasteiger partial charge in [0.25, 0.3) is 0 Å². The van der Waals surface area contributed by atoms with Crippen LogP contribution in [-0.2, 0) is 24.3 Å². The minimum Gasteiger partial charge on any atom is -0.495 e. The first kappa shape index (κ1) is 25.5. The van der Waals surface area contributed by atoms with Crippen LogP contribution in [0.2, 0.25) is 0 Å². The van der Waals surface area contributed by atoms with E-state index in [1.165, 1.54) is 36.5 Å². The van der Waals surface area contributed by atoms with Crippen molar-refractivity contribution in [2.45, 2.75) is 17.9 Å². The van der Waals surface area contributed by atoms with Crippen molar-refractivity contribution in [3.63, 3.8) is 0 Å². The second-order valence-corrected chi connectivity index (χ2v) is 9.24. The van der Waals surface area contributed by atoms with Gasteiger partial charge < -0.3 is 14.2 Å². The van der Waals surface area contributed by atoms with Crippen molar-refractivity contribution in [3.8, 4) is 5.75 Å². The van der Waals surface area contributed by atoms with Gasteiger partial charge in [-0.05, 0) is 48.9 Å². The Hall–Kier alpha value is -3.15. The third kappa shape index (κ3) is 5.85. The highest BCUT2D eigenvalue weighted by Crippen LogP contribution is 2.29. The zero-order valence-corrected chi connectivity index (χ0v) is 19.3. The topological polar surface area (TPSA) is 99.2 Å². The quantitative estimate of drug-likeness (QED) is 0.316. The summed E-state index contributed by atoms with van der Waals surface area (Å²) in [6.07, 6.45) is 1.10. The second kappa shape index (κ2) is 10.9. The molecule has 0 radical (unpaired) electrons. The van der Waals surface area contributed by atoms with Crippen molar-refractivity contribution < 1.29 is 41.0 Å². The molecule has 0 unspecified atom stereocenters. The van der Waals surface area contributed by atoms with Crippen molar-refractivity contribution in [1.29, 1.82) is 0 Å². The van der Waals surface area contributed by atoms with Crippen molar-refractivity contribution in [3.05, 3.63) is 65.2 Å². The number of hydrogen-bond donors (Lipinski definition) is 0. The summed E-state index contributed by atoms with van der Waals surface area (Å²) in [6, 6.07) is 7.01. The molecule has 1 heterocycles. The molecule has 0 amide bonds. The number of morpholine rings is 1. The highest BCUT2D eigenvalue weighted by molar-refractivity contribution is 7.89. The van der Waals surface area contributed by atoms with Crippen LogP contribution in [0, 0.1) is 11.6 Å². The molecule has 1 atom stereocenters. The van der Waals surface area contributed by atoms with Crippen molar-refractivity contribution in [2.24, 2.45) is 0 Å². The number of carbonyl (C=O) groups is 2. The molecule has 3 rings (SSSR count). The lowest BCUT2D eigenvalue weighted by Crippen LogP contribution is -2.40. The number of nitrogens with zero attached hydrogens (tertiary/aromatic N) is 1. The summed E-state index contributed by atoms with van der Waals surface area (Å²) in [5.41, 5.74) is 0.237. The first-order valence-corrected chi connectivity index (χ1v) is 11.7. The van der Waals surface area contributed by atoms with E-state index in [-0.39, 0.29) is 42.5 Å². The molecule has 2 aromatic carbocycles. The predicted molar refractivity (Wildman–Crippen MR) is 118 cm³/mol. The average Bonchev–Trinajstić information content (AvgIpc) is 2.84. The lowest BCUT2D eigenvalue weighted by Gasteiger charge is -2.26. The minimum absolute atomic E-state index is 0.0608. The molecule has 1 aliphatic heterocycles. The average molecular weight is 496 g/mol. The fraction of sp³-hybridized carbons (Fsp3) is 0.304. The smallest absolute Gasteiger partial charge is 0.331 e. The van der Waals surface area contributed by atoms with Crippen LogP contribution < -0.4 is 4.74 Å². The molecule has 182 valence electrons. The molecule has 0 spiro atoms. The Morgan fingerprint density at radius 3 is 2.44 bits per heavy atom. The van der Waals surface area contributed by atoms with Gasteiger partial charge in [0.1, 0.15) is 10.6 Å².